The fourth-order valence-electron chi connectivity index (χ4n) is 2.29. The van der Waals surface area contributed by atoms with E-state index in [0.717, 1.165) is 30.5 Å². The summed E-state index contributed by atoms with van der Waals surface area (Å²) in [5.41, 5.74) is 0. The minimum absolute atomic E-state index is 0.521. The predicted octanol–water partition coefficient (Wildman–Crippen LogP) is 0.0503. The second-order valence-electron chi connectivity index (χ2n) is 4.34. The molecule has 0 radical (unpaired) electrons. The van der Waals surface area contributed by atoms with Crippen LogP contribution in [0.5, 0.6) is 0 Å². The topological polar surface area (TPSA) is 32.3 Å². The number of hydrogen-bond donors (Lipinski definition) is 1. The van der Waals surface area contributed by atoms with Crippen LogP contribution in [-0.4, -0.2) is 53.3 Å². The van der Waals surface area contributed by atoms with E-state index in [-0.39, 0.29) is 0 Å². The van der Waals surface area contributed by atoms with E-state index in [1.165, 1.54) is 32.5 Å². The fourth-order valence-corrected chi connectivity index (χ4v) is 3.42. The molecule has 4 heteroatoms. The van der Waals surface area contributed by atoms with E-state index in [2.05, 4.69) is 10.2 Å². The van der Waals surface area contributed by atoms with Crippen LogP contribution in [0.25, 0.3) is 0 Å². The third-order valence-corrected chi connectivity index (χ3v) is 4.52. The zero-order chi connectivity index (χ0) is 9.80. The predicted molar refractivity (Wildman–Crippen MR) is 59.9 cm³/mol. The molecule has 0 aromatic heterocycles. The molecule has 2 saturated heterocycles. The Balaban J connectivity index is 1.71. The largest absolute Gasteiger partial charge is 0.317 e. The number of rotatable bonds is 2. The van der Waals surface area contributed by atoms with Crippen LogP contribution in [-0.2, 0) is 10.8 Å². The van der Waals surface area contributed by atoms with Crippen molar-refractivity contribution in [3.63, 3.8) is 0 Å². The van der Waals surface area contributed by atoms with Crippen molar-refractivity contribution in [2.24, 2.45) is 5.92 Å². The average Bonchev–Trinajstić information content (AvgIpc) is 2.23. The van der Waals surface area contributed by atoms with Gasteiger partial charge in [-0.25, -0.2) is 0 Å². The third-order valence-electron chi connectivity index (χ3n) is 3.25. The van der Waals surface area contributed by atoms with Gasteiger partial charge in [-0.1, -0.05) is 0 Å². The summed E-state index contributed by atoms with van der Waals surface area (Å²) < 4.78 is 11.2. The van der Waals surface area contributed by atoms with Gasteiger partial charge in [-0.05, 0) is 31.8 Å². The quantitative estimate of drug-likeness (QED) is 0.708. The normalized spacial score (nSPS) is 28.0. The van der Waals surface area contributed by atoms with Gasteiger partial charge in [0.05, 0.1) is 0 Å². The molecule has 2 aliphatic rings. The summed E-state index contributed by atoms with van der Waals surface area (Å²) in [4.78, 5) is 2.50. The Labute approximate surface area is 88.7 Å². The first-order chi connectivity index (χ1) is 6.84. The lowest BCUT2D eigenvalue weighted by Crippen LogP contribution is -2.42. The van der Waals surface area contributed by atoms with Crippen molar-refractivity contribution in [3.05, 3.63) is 0 Å². The van der Waals surface area contributed by atoms with Crippen molar-refractivity contribution in [3.8, 4) is 0 Å². The van der Waals surface area contributed by atoms with Crippen molar-refractivity contribution in [1.29, 1.82) is 0 Å². The molecular weight excluding hydrogens is 196 g/mol. The van der Waals surface area contributed by atoms with Gasteiger partial charge in [0.15, 0.2) is 0 Å². The minimum atomic E-state index is -0.521. The van der Waals surface area contributed by atoms with Gasteiger partial charge in [-0.3, -0.25) is 4.21 Å². The molecule has 82 valence electrons. The molecule has 0 aromatic carbocycles. The van der Waals surface area contributed by atoms with Gasteiger partial charge in [-0.2, -0.15) is 0 Å². The van der Waals surface area contributed by atoms with E-state index in [1.54, 1.807) is 0 Å². The van der Waals surface area contributed by atoms with Crippen LogP contribution in [0.4, 0.5) is 0 Å². The second kappa shape index (κ2) is 5.24. The Morgan fingerprint density at radius 1 is 1.21 bits per heavy atom. The molecule has 0 unspecified atom stereocenters. The highest BCUT2D eigenvalue weighted by molar-refractivity contribution is 7.85. The lowest BCUT2D eigenvalue weighted by Gasteiger charge is -2.32. The SMILES string of the molecule is O=S1CCN(CC2CCNCC2)CC1. The number of nitrogens with zero attached hydrogens (tertiary/aromatic N) is 1. The van der Waals surface area contributed by atoms with Gasteiger partial charge < -0.3 is 10.2 Å². The molecule has 0 saturated carbocycles. The average molecular weight is 216 g/mol. The van der Waals surface area contributed by atoms with Crippen LogP contribution in [0.15, 0.2) is 0 Å². The molecule has 0 aromatic rings. The fraction of sp³-hybridized carbons (Fsp3) is 1.00. The maximum atomic E-state index is 11.2. The van der Waals surface area contributed by atoms with Crippen molar-refractivity contribution in [2.45, 2.75) is 12.8 Å². The smallest absolute Gasteiger partial charge is 0.0363 e. The Hall–Kier alpha value is 0.0700. The van der Waals surface area contributed by atoms with Crippen LogP contribution in [0.2, 0.25) is 0 Å². The summed E-state index contributed by atoms with van der Waals surface area (Å²) in [5.74, 6) is 2.67. The molecular formula is C10H20N2OS. The van der Waals surface area contributed by atoms with Crippen LogP contribution in [0.3, 0.4) is 0 Å². The molecule has 0 amide bonds. The second-order valence-corrected chi connectivity index (χ2v) is 6.04. The molecule has 0 spiro atoms. The highest BCUT2D eigenvalue weighted by Crippen LogP contribution is 2.14. The zero-order valence-electron chi connectivity index (χ0n) is 8.71. The summed E-state index contributed by atoms with van der Waals surface area (Å²) in [5, 5.41) is 3.39. The summed E-state index contributed by atoms with van der Waals surface area (Å²) in [6.07, 6.45) is 2.64. The van der Waals surface area contributed by atoms with Crippen molar-refractivity contribution >= 4 is 10.8 Å². The first-order valence-corrected chi connectivity index (χ1v) is 7.11. The van der Waals surface area contributed by atoms with Crippen molar-refractivity contribution < 1.29 is 4.21 Å². The number of nitrogens with one attached hydrogen (secondary N) is 1. The van der Waals surface area contributed by atoms with E-state index in [1.807, 2.05) is 0 Å². The molecule has 3 nitrogen and oxygen atoms in total. The summed E-state index contributed by atoms with van der Waals surface area (Å²) in [6, 6.07) is 0. The molecule has 0 bridgehead atoms. The molecule has 2 heterocycles. The Bertz CT molecular complexity index is 194. The number of piperidine rings is 1. The first-order valence-electron chi connectivity index (χ1n) is 5.62. The molecule has 1 N–H and O–H groups in total. The summed E-state index contributed by atoms with van der Waals surface area (Å²) in [7, 11) is -0.521. The monoisotopic (exact) mass is 216 g/mol. The number of hydrogen-bond acceptors (Lipinski definition) is 3. The first kappa shape index (κ1) is 10.6. The molecule has 14 heavy (non-hydrogen) atoms. The maximum absolute atomic E-state index is 11.2. The molecule has 2 rings (SSSR count). The van der Waals surface area contributed by atoms with Crippen LogP contribution < -0.4 is 5.32 Å². The summed E-state index contributed by atoms with van der Waals surface area (Å²) in [6.45, 7) is 5.71. The standard InChI is InChI=1S/C10H20N2OS/c13-14-7-5-12(6-8-14)9-10-1-3-11-4-2-10/h10-11H,1-9H2. The van der Waals surface area contributed by atoms with Crippen LogP contribution in [0, 0.1) is 5.92 Å². The van der Waals surface area contributed by atoms with Gasteiger partial charge >= 0.3 is 0 Å². The van der Waals surface area contributed by atoms with Gasteiger partial charge in [0.1, 0.15) is 0 Å². The van der Waals surface area contributed by atoms with Crippen LogP contribution in [0.1, 0.15) is 12.8 Å². The highest BCUT2D eigenvalue weighted by atomic mass is 32.2. The van der Waals surface area contributed by atoms with Crippen LogP contribution >= 0.6 is 0 Å². The maximum Gasteiger partial charge on any atom is 0.0363 e. The van der Waals surface area contributed by atoms with E-state index >= 15 is 0 Å². The Morgan fingerprint density at radius 2 is 1.86 bits per heavy atom. The molecule has 0 aliphatic carbocycles. The van der Waals surface area contributed by atoms with Crippen molar-refractivity contribution in [2.75, 3.05) is 44.2 Å². The Morgan fingerprint density at radius 3 is 2.50 bits per heavy atom. The molecule has 2 aliphatic heterocycles. The van der Waals surface area contributed by atoms with Gasteiger partial charge in [0.2, 0.25) is 0 Å². The summed E-state index contributed by atoms with van der Waals surface area (Å²) >= 11 is 0. The lowest BCUT2D eigenvalue weighted by molar-refractivity contribution is 0.220. The molecule has 2 fully saturated rings. The van der Waals surface area contributed by atoms with E-state index in [9.17, 15) is 4.21 Å². The minimum Gasteiger partial charge on any atom is -0.317 e. The van der Waals surface area contributed by atoms with E-state index in [0.29, 0.717) is 0 Å². The Kier molecular flexibility index (Phi) is 3.96. The highest BCUT2D eigenvalue weighted by Gasteiger charge is 2.20. The van der Waals surface area contributed by atoms with Gasteiger partial charge in [0.25, 0.3) is 0 Å². The van der Waals surface area contributed by atoms with Gasteiger partial charge in [-0.15, -0.1) is 0 Å². The lowest BCUT2D eigenvalue weighted by atomic mass is 9.97. The van der Waals surface area contributed by atoms with E-state index < -0.39 is 10.8 Å². The third kappa shape index (κ3) is 3.04. The zero-order valence-corrected chi connectivity index (χ0v) is 9.52. The van der Waals surface area contributed by atoms with Crippen molar-refractivity contribution in [1.82, 2.24) is 10.2 Å². The molecule has 0 atom stereocenters. The van der Waals surface area contributed by atoms with Gasteiger partial charge in [0, 0.05) is 41.9 Å². The van der Waals surface area contributed by atoms with E-state index in [4.69, 9.17) is 0 Å².